The maximum Gasteiger partial charge on any atom is 0.326 e. The van der Waals surface area contributed by atoms with E-state index in [4.69, 9.17) is 0 Å². The molecular weight excluding hydrogens is 496 g/mol. The predicted octanol–water partition coefficient (Wildman–Crippen LogP) is -1.53. The Kier molecular flexibility index (Phi) is 3.96. The van der Waals surface area contributed by atoms with Crippen LogP contribution in [0.25, 0.3) is 0 Å². The Labute approximate surface area is 221 Å². The van der Waals surface area contributed by atoms with E-state index >= 15 is 0 Å². The third-order valence-electron chi connectivity index (χ3n) is 10.3. The molecule has 0 aromatic carbocycles. The molecule has 38 heavy (non-hydrogen) atoms. The number of carbonyl (C=O) groups is 4. The number of amides is 8. The van der Waals surface area contributed by atoms with Crippen molar-refractivity contribution in [3.05, 3.63) is 11.6 Å². The molecule has 0 unspecified atom stereocenters. The summed E-state index contributed by atoms with van der Waals surface area (Å²) in [6.45, 7) is 0. The third-order valence-corrected chi connectivity index (χ3v) is 10.3. The Bertz CT molecular complexity index is 1030. The van der Waals surface area contributed by atoms with Crippen LogP contribution in [0.1, 0.15) is 0 Å². The van der Waals surface area contributed by atoms with E-state index in [9.17, 15) is 19.2 Å². The zero-order valence-electron chi connectivity index (χ0n) is 24.0. The van der Waals surface area contributed by atoms with Crippen molar-refractivity contribution in [2.24, 2.45) is 0 Å². The molecule has 0 spiro atoms. The number of likely N-dealkylation sites (N-methyl/N-ethyl adjacent to an activating group) is 12. The van der Waals surface area contributed by atoms with Crippen LogP contribution in [0.3, 0.4) is 0 Å². The molecule has 6 rings (SSSR count). The second-order valence-electron chi connectivity index (χ2n) is 11.0. The highest BCUT2D eigenvalue weighted by atomic mass is 16.2. The molecule has 208 valence electrons. The van der Waals surface area contributed by atoms with Gasteiger partial charge in [0.25, 0.3) is 23.1 Å². The Morgan fingerprint density at radius 1 is 0.289 bits per heavy atom. The number of urea groups is 4. The first-order valence-corrected chi connectivity index (χ1v) is 12.3. The zero-order valence-corrected chi connectivity index (χ0v) is 24.0. The van der Waals surface area contributed by atoms with Crippen molar-refractivity contribution < 1.29 is 19.2 Å². The third kappa shape index (κ3) is 1.62. The van der Waals surface area contributed by atoms with Gasteiger partial charge in [-0.2, -0.15) is 0 Å². The fraction of sp³-hybridized carbons (Fsp3) is 0.727. The van der Waals surface area contributed by atoms with Crippen molar-refractivity contribution in [3.8, 4) is 0 Å². The highest BCUT2D eigenvalue weighted by molar-refractivity contribution is 5.89. The average molecular weight is 533 g/mol. The van der Waals surface area contributed by atoms with Gasteiger partial charge in [-0.15, -0.1) is 0 Å². The molecule has 6 saturated heterocycles. The van der Waals surface area contributed by atoms with Crippen LogP contribution in [-0.2, 0) is 0 Å². The maximum atomic E-state index is 13.4. The largest absolute Gasteiger partial charge is 0.326 e. The molecule has 6 heterocycles. The van der Waals surface area contributed by atoms with Crippen LogP contribution in [0.2, 0.25) is 0 Å². The van der Waals surface area contributed by atoms with Gasteiger partial charge in [0, 0.05) is 84.6 Å². The molecule has 0 bridgehead atoms. The lowest BCUT2D eigenvalue weighted by molar-refractivity contribution is -0.124. The van der Waals surface area contributed by atoms with E-state index in [1.165, 1.54) is 0 Å². The zero-order chi connectivity index (χ0) is 28.4. The number of rotatable bonds is 0. The van der Waals surface area contributed by atoms with Crippen molar-refractivity contribution in [1.29, 1.82) is 0 Å². The average Bonchev–Trinajstić information content (AvgIpc) is 3.48. The van der Waals surface area contributed by atoms with E-state index in [-0.39, 0.29) is 24.1 Å². The summed E-state index contributed by atoms with van der Waals surface area (Å²) in [5.41, 5.74) is 0. The molecular formula is C22H36N12O4. The lowest BCUT2D eigenvalue weighted by Crippen LogP contribution is -2.71. The van der Waals surface area contributed by atoms with E-state index < -0.39 is 23.1 Å². The van der Waals surface area contributed by atoms with Crippen LogP contribution in [0.15, 0.2) is 11.6 Å². The minimum atomic E-state index is -1.20. The summed E-state index contributed by atoms with van der Waals surface area (Å²) in [5, 5.41) is 0. The molecule has 6 aliphatic heterocycles. The van der Waals surface area contributed by atoms with Crippen molar-refractivity contribution >= 4 is 24.1 Å². The summed E-state index contributed by atoms with van der Waals surface area (Å²) in [6, 6.07) is -0.914. The van der Waals surface area contributed by atoms with Gasteiger partial charge >= 0.3 is 24.1 Å². The standard InChI is InChI=1S/C22H36N12O4/c1-23-13(24(2)20-19(23,27(5)15(35)29(20)7)28(6)16(36)30(20)8)14-25(3)21-22(26(14)4,33(11)17(37)31(21)9)34(12)18(38)32(21)10/h1-12H3. The summed E-state index contributed by atoms with van der Waals surface area (Å²) in [4.78, 5) is 74.2. The molecule has 0 aliphatic carbocycles. The molecule has 8 amide bonds. The minimum absolute atomic E-state index is 0.229. The Hall–Kier alpha value is -3.98. The van der Waals surface area contributed by atoms with Gasteiger partial charge in [0.1, 0.15) is 0 Å². The molecule has 0 saturated carbocycles. The smallest absolute Gasteiger partial charge is 0.312 e. The van der Waals surface area contributed by atoms with Gasteiger partial charge < -0.3 is 19.6 Å². The van der Waals surface area contributed by atoms with Gasteiger partial charge in [0.05, 0.1) is 0 Å². The van der Waals surface area contributed by atoms with E-state index in [2.05, 4.69) is 0 Å². The highest BCUT2D eigenvalue weighted by Gasteiger charge is 2.88. The quantitative estimate of drug-likeness (QED) is 0.370. The Balaban J connectivity index is 1.68. The summed E-state index contributed by atoms with van der Waals surface area (Å²) in [5.74, 6) is -3.38. The normalized spacial score (nSPS) is 38.4. The van der Waals surface area contributed by atoms with E-state index in [0.717, 1.165) is 0 Å². The minimum Gasteiger partial charge on any atom is -0.312 e. The fourth-order valence-electron chi connectivity index (χ4n) is 9.01. The van der Waals surface area contributed by atoms with Gasteiger partial charge in [-0.25, -0.2) is 19.2 Å². The number of hydrogen-bond acceptors (Lipinski definition) is 8. The summed E-state index contributed by atoms with van der Waals surface area (Å²) >= 11 is 0. The molecule has 0 atom stereocenters. The molecule has 0 radical (unpaired) electrons. The van der Waals surface area contributed by atoms with E-state index in [1.807, 2.05) is 47.8 Å². The molecule has 0 aromatic rings. The SMILES string of the molecule is CN1C(=O)N(C)C23N(C)C(=O)N(C)C12N(C)C(=C1N(C)C24N(C)C(=O)N(C)C2(N(C)C(=O)N4C)N1C)N3C. The molecule has 16 heteroatoms. The monoisotopic (exact) mass is 532 g/mol. The van der Waals surface area contributed by atoms with Crippen LogP contribution < -0.4 is 0 Å². The summed E-state index contributed by atoms with van der Waals surface area (Å²) in [6.07, 6.45) is 0. The lowest BCUT2D eigenvalue weighted by Gasteiger charge is -2.45. The van der Waals surface area contributed by atoms with Crippen molar-refractivity contribution in [3.63, 3.8) is 0 Å². The number of hydrogen-bond donors (Lipinski definition) is 0. The van der Waals surface area contributed by atoms with E-state index in [0.29, 0.717) is 11.6 Å². The van der Waals surface area contributed by atoms with Crippen LogP contribution in [0.5, 0.6) is 0 Å². The first kappa shape index (κ1) is 24.4. The van der Waals surface area contributed by atoms with Crippen LogP contribution >= 0.6 is 0 Å². The topological polar surface area (TPSA) is 107 Å². The molecule has 6 aliphatic rings. The van der Waals surface area contributed by atoms with Gasteiger partial charge in [-0.05, 0) is 0 Å². The molecule has 16 nitrogen and oxygen atoms in total. The molecule has 6 fully saturated rings. The van der Waals surface area contributed by atoms with Gasteiger partial charge in [0.15, 0.2) is 11.6 Å². The first-order chi connectivity index (χ1) is 17.5. The maximum absolute atomic E-state index is 13.4. The van der Waals surface area contributed by atoms with Crippen molar-refractivity contribution in [2.45, 2.75) is 23.1 Å². The second-order valence-corrected chi connectivity index (χ2v) is 11.0. The van der Waals surface area contributed by atoms with E-state index in [1.54, 1.807) is 95.6 Å². The highest BCUT2D eigenvalue weighted by Crippen LogP contribution is 2.63. The summed E-state index contributed by atoms with van der Waals surface area (Å²) < 4.78 is 0. The van der Waals surface area contributed by atoms with Crippen LogP contribution in [-0.4, -0.2) is 191 Å². The summed E-state index contributed by atoms with van der Waals surface area (Å²) in [7, 11) is 21.1. The fourth-order valence-corrected chi connectivity index (χ4v) is 9.01. The number of nitrogens with zero attached hydrogens (tertiary/aromatic N) is 12. The van der Waals surface area contributed by atoms with Crippen LogP contribution in [0, 0.1) is 0 Å². The van der Waals surface area contributed by atoms with Crippen LogP contribution in [0.4, 0.5) is 19.2 Å². The van der Waals surface area contributed by atoms with Crippen molar-refractivity contribution in [1.82, 2.24) is 58.8 Å². The Morgan fingerprint density at radius 3 is 0.553 bits per heavy atom. The molecule has 0 N–H and O–H groups in total. The van der Waals surface area contributed by atoms with Gasteiger partial charge in [-0.3, -0.25) is 39.2 Å². The first-order valence-electron chi connectivity index (χ1n) is 12.3. The predicted molar refractivity (Wildman–Crippen MR) is 133 cm³/mol. The number of carbonyl (C=O) groups excluding carboxylic acids is 4. The molecule has 0 aromatic heterocycles. The second kappa shape index (κ2) is 6.18. The Morgan fingerprint density at radius 2 is 0.421 bits per heavy atom. The van der Waals surface area contributed by atoms with Gasteiger partial charge in [0.2, 0.25) is 0 Å². The van der Waals surface area contributed by atoms with Crippen molar-refractivity contribution in [2.75, 3.05) is 84.6 Å². The lowest BCUT2D eigenvalue weighted by atomic mass is 10.1. The van der Waals surface area contributed by atoms with Gasteiger partial charge in [-0.1, -0.05) is 0 Å².